The standard InChI is InChI=1S/C23H23F2N5O2/c1-11-7-16-15-6-5-13(30(15)22(31)32-23(2,3)4)10-29(16)20-18-17(11)12(9-26)8-14(24)19(18)27-21(25)28-20/h8,13,15-16H,1,5-7,10H2,2-4H3/t13-,15+,16-/m1/s1. The number of aromatic nitrogens is 2. The molecule has 2 fully saturated rings. The molecule has 5 rings (SSSR count). The zero-order valence-corrected chi connectivity index (χ0v) is 18.2. The number of amides is 1. The molecule has 2 saturated heterocycles. The van der Waals surface area contributed by atoms with Crippen molar-refractivity contribution in [2.75, 3.05) is 11.4 Å². The lowest BCUT2D eigenvalue weighted by Gasteiger charge is -2.47. The van der Waals surface area contributed by atoms with Crippen LogP contribution in [0, 0.1) is 23.2 Å². The molecule has 2 bridgehead atoms. The van der Waals surface area contributed by atoms with Gasteiger partial charge in [0.1, 0.15) is 16.9 Å². The van der Waals surface area contributed by atoms with Crippen LogP contribution in [-0.4, -0.2) is 51.2 Å². The summed E-state index contributed by atoms with van der Waals surface area (Å²) in [4.78, 5) is 24.5. The average molecular weight is 439 g/mol. The van der Waals surface area contributed by atoms with Gasteiger partial charge in [0.05, 0.1) is 35.1 Å². The van der Waals surface area contributed by atoms with E-state index in [0.717, 1.165) is 18.9 Å². The molecule has 3 aliphatic heterocycles. The molecule has 0 N–H and O–H groups in total. The Balaban J connectivity index is 1.67. The number of carbonyl (C=O) groups excluding carboxylic acids is 1. The second kappa shape index (κ2) is 6.86. The number of fused-ring (bicyclic) bond motifs is 5. The first kappa shape index (κ1) is 20.6. The van der Waals surface area contributed by atoms with Gasteiger partial charge in [-0.3, -0.25) is 4.90 Å². The summed E-state index contributed by atoms with van der Waals surface area (Å²) >= 11 is 0. The lowest BCUT2D eigenvalue weighted by atomic mass is 9.91. The molecule has 32 heavy (non-hydrogen) atoms. The molecule has 1 aromatic heterocycles. The van der Waals surface area contributed by atoms with Gasteiger partial charge in [-0.2, -0.15) is 19.6 Å². The Morgan fingerprint density at radius 3 is 2.72 bits per heavy atom. The second-order valence-corrected chi connectivity index (χ2v) is 9.65. The van der Waals surface area contributed by atoms with E-state index in [0.29, 0.717) is 29.5 Å². The van der Waals surface area contributed by atoms with Crippen molar-refractivity contribution in [3.8, 4) is 6.07 Å². The van der Waals surface area contributed by atoms with Crippen LogP contribution < -0.4 is 4.90 Å². The van der Waals surface area contributed by atoms with Gasteiger partial charge < -0.3 is 9.64 Å². The second-order valence-electron chi connectivity index (χ2n) is 9.65. The molecule has 1 aromatic carbocycles. The highest BCUT2D eigenvalue weighted by Gasteiger charge is 2.51. The predicted octanol–water partition coefficient (Wildman–Crippen LogP) is 4.15. The first-order valence-electron chi connectivity index (χ1n) is 10.6. The molecule has 3 aliphatic rings. The van der Waals surface area contributed by atoms with E-state index in [1.807, 2.05) is 31.7 Å². The average Bonchev–Trinajstić information content (AvgIpc) is 2.97. The fourth-order valence-corrected chi connectivity index (χ4v) is 5.37. The maximum absolute atomic E-state index is 14.8. The van der Waals surface area contributed by atoms with Crippen LogP contribution in [0.5, 0.6) is 0 Å². The van der Waals surface area contributed by atoms with Gasteiger partial charge in [-0.25, -0.2) is 9.18 Å². The van der Waals surface area contributed by atoms with Crippen molar-refractivity contribution >= 4 is 28.4 Å². The van der Waals surface area contributed by atoms with Gasteiger partial charge >= 0.3 is 12.2 Å². The van der Waals surface area contributed by atoms with Crippen LogP contribution in [0.3, 0.4) is 0 Å². The number of nitrogens with zero attached hydrogens (tertiary/aromatic N) is 5. The molecule has 9 heteroatoms. The number of ether oxygens (including phenoxy) is 1. The number of rotatable bonds is 0. The Hall–Kier alpha value is -3.28. The Morgan fingerprint density at radius 2 is 2.03 bits per heavy atom. The molecule has 0 aliphatic carbocycles. The van der Waals surface area contributed by atoms with Crippen LogP contribution in [0.2, 0.25) is 0 Å². The zero-order valence-electron chi connectivity index (χ0n) is 18.2. The number of hydrogen-bond acceptors (Lipinski definition) is 6. The first-order valence-corrected chi connectivity index (χ1v) is 10.6. The Bertz CT molecular complexity index is 1220. The van der Waals surface area contributed by atoms with Gasteiger partial charge in [-0.1, -0.05) is 6.58 Å². The monoisotopic (exact) mass is 439 g/mol. The van der Waals surface area contributed by atoms with E-state index in [-0.39, 0.29) is 41.1 Å². The van der Waals surface area contributed by atoms with Crippen molar-refractivity contribution in [2.45, 2.75) is 63.8 Å². The van der Waals surface area contributed by atoms with Gasteiger partial charge in [0, 0.05) is 12.1 Å². The van der Waals surface area contributed by atoms with Crippen LogP contribution in [0.4, 0.5) is 19.4 Å². The molecule has 0 radical (unpaired) electrons. The number of nitriles is 1. The summed E-state index contributed by atoms with van der Waals surface area (Å²) in [6, 6.07) is 2.51. The van der Waals surface area contributed by atoms with Crippen molar-refractivity contribution in [3.05, 3.63) is 35.7 Å². The number of carbonyl (C=O) groups is 1. The highest BCUT2D eigenvalue weighted by molar-refractivity contribution is 6.02. The maximum atomic E-state index is 14.8. The molecule has 3 atom stereocenters. The van der Waals surface area contributed by atoms with E-state index in [2.05, 4.69) is 16.5 Å². The lowest BCUT2D eigenvalue weighted by Crippen LogP contribution is -2.62. The first-order chi connectivity index (χ1) is 15.1. The van der Waals surface area contributed by atoms with E-state index in [9.17, 15) is 18.8 Å². The molecule has 0 spiro atoms. The number of halogens is 2. The zero-order chi connectivity index (χ0) is 22.9. The van der Waals surface area contributed by atoms with Crippen LogP contribution >= 0.6 is 0 Å². The summed E-state index contributed by atoms with van der Waals surface area (Å²) in [6.45, 7) is 10.1. The minimum Gasteiger partial charge on any atom is -0.444 e. The molecular formula is C23H23F2N5O2. The normalized spacial score (nSPS) is 24.2. The SMILES string of the molecule is C=C1C[C@@H]2[C@@H]3CC[C@H](CN2c2nc(F)nc4c(F)cc(C#N)c1c24)N3C(=O)OC(C)(C)C. The van der Waals surface area contributed by atoms with Gasteiger partial charge in [0.25, 0.3) is 0 Å². The van der Waals surface area contributed by atoms with Crippen molar-refractivity contribution in [1.29, 1.82) is 5.26 Å². The van der Waals surface area contributed by atoms with Gasteiger partial charge in [0.15, 0.2) is 5.82 Å². The topological polar surface area (TPSA) is 82.4 Å². The molecule has 0 saturated carbocycles. The number of hydrogen-bond donors (Lipinski definition) is 0. The molecular weight excluding hydrogens is 416 g/mol. The van der Waals surface area contributed by atoms with Crippen molar-refractivity contribution in [3.63, 3.8) is 0 Å². The smallest absolute Gasteiger partial charge is 0.410 e. The molecule has 0 unspecified atom stereocenters. The molecule has 7 nitrogen and oxygen atoms in total. The Labute approximate surface area is 184 Å². The van der Waals surface area contributed by atoms with E-state index in [1.54, 1.807) is 4.90 Å². The van der Waals surface area contributed by atoms with Crippen molar-refractivity contribution in [2.24, 2.45) is 0 Å². The number of piperazine rings is 1. The van der Waals surface area contributed by atoms with Crippen LogP contribution in [0.1, 0.15) is 51.2 Å². The minimum absolute atomic E-state index is 0.116. The molecule has 2 aromatic rings. The third kappa shape index (κ3) is 3.00. The summed E-state index contributed by atoms with van der Waals surface area (Å²) in [5, 5.41) is 9.95. The van der Waals surface area contributed by atoms with Crippen LogP contribution in [0.25, 0.3) is 16.5 Å². The van der Waals surface area contributed by atoms with Gasteiger partial charge in [-0.15, -0.1) is 0 Å². The van der Waals surface area contributed by atoms with Crippen molar-refractivity contribution < 1.29 is 18.3 Å². The molecule has 166 valence electrons. The van der Waals surface area contributed by atoms with E-state index < -0.39 is 17.5 Å². The number of anilines is 1. The Morgan fingerprint density at radius 1 is 1.28 bits per heavy atom. The third-order valence-electron chi connectivity index (χ3n) is 6.48. The third-order valence-corrected chi connectivity index (χ3v) is 6.48. The summed E-state index contributed by atoms with van der Waals surface area (Å²) in [5.41, 5.74) is 0.395. The molecule has 1 amide bonds. The fraction of sp³-hybridized carbons (Fsp3) is 0.478. The summed E-state index contributed by atoms with van der Waals surface area (Å²) in [6.07, 6.45) is 0.546. The summed E-state index contributed by atoms with van der Waals surface area (Å²) < 4.78 is 34.8. The van der Waals surface area contributed by atoms with Crippen molar-refractivity contribution in [1.82, 2.24) is 14.9 Å². The largest absolute Gasteiger partial charge is 0.444 e. The van der Waals surface area contributed by atoms with E-state index >= 15 is 0 Å². The minimum atomic E-state index is -1.03. The number of benzene rings is 1. The van der Waals surface area contributed by atoms with Crippen LogP contribution in [-0.2, 0) is 4.74 Å². The quantitative estimate of drug-likeness (QED) is 0.574. The van der Waals surface area contributed by atoms with E-state index in [4.69, 9.17) is 4.74 Å². The highest BCUT2D eigenvalue weighted by atomic mass is 19.1. The van der Waals surface area contributed by atoms with Gasteiger partial charge in [-0.05, 0) is 51.7 Å². The predicted molar refractivity (Wildman–Crippen MR) is 114 cm³/mol. The van der Waals surface area contributed by atoms with Gasteiger partial charge in [0.2, 0.25) is 0 Å². The molecule has 4 heterocycles. The Kier molecular flexibility index (Phi) is 4.42. The lowest BCUT2D eigenvalue weighted by molar-refractivity contribution is 0.00777. The summed E-state index contributed by atoms with van der Waals surface area (Å²) in [7, 11) is 0. The summed E-state index contributed by atoms with van der Waals surface area (Å²) in [5.74, 6) is -0.521. The van der Waals surface area contributed by atoms with E-state index in [1.165, 1.54) is 0 Å². The maximum Gasteiger partial charge on any atom is 0.410 e. The highest BCUT2D eigenvalue weighted by Crippen LogP contribution is 2.46. The fourth-order valence-electron chi connectivity index (χ4n) is 5.37. The van der Waals surface area contributed by atoms with Crippen LogP contribution in [0.15, 0.2) is 12.6 Å².